The molecule has 0 saturated heterocycles. The van der Waals surface area contributed by atoms with Gasteiger partial charge in [0.2, 0.25) is 0 Å². The van der Waals surface area contributed by atoms with Crippen LogP contribution in [0.2, 0.25) is 0 Å². The molecule has 2 rings (SSSR count). The van der Waals surface area contributed by atoms with Gasteiger partial charge in [-0.05, 0) is 23.6 Å². The van der Waals surface area contributed by atoms with Gasteiger partial charge in [0.1, 0.15) is 5.01 Å². The minimum atomic E-state index is -0.966. The van der Waals surface area contributed by atoms with Gasteiger partial charge in [0.05, 0.1) is 17.8 Å². The fourth-order valence-corrected chi connectivity index (χ4v) is 2.73. The van der Waals surface area contributed by atoms with Gasteiger partial charge < -0.3 is 15.7 Å². The van der Waals surface area contributed by atoms with Gasteiger partial charge >= 0.3 is 12.0 Å². The third kappa shape index (κ3) is 5.07. The molecule has 2 aromatic rings. The van der Waals surface area contributed by atoms with Crippen LogP contribution in [0, 0.1) is 0 Å². The molecule has 0 radical (unpaired) electrons. The molecule has 0 aliphatic rings. The Kier molecular flexibility index (Phi) is 5.70. The van der Waals surface area contributed by atoms with Gasteiger partial charge in [0, 0.05) is 11.9 Å². The summed E-state index contributed by atoms with van der Waals surface area (Å²) in [7, 11) is 0. The largest absolute Gasteiger partial charge is 0.478 e. The minimum absolute atomic E-state index is 0.225. The van der Waals surface area contributed by atoms with Crippen molar-refractivity contribution in [3.8, 4) is 0 Å². The molecule has 0 aliphatic carbocycles. The zero-order valence-corrected chi connectivity index (χ0v) is 13.8. The van der Waals surface area contributed by atoms with Crippen molar-refractivity contribution in [1.82, 2.24) is 15.6 Å². The lowest BCUT2D eigenvalue weighted by molar-refractivity contribution is 0.0697. The summed E-state index contributed by atoms with van der Waals surface area (Å²) in [6, 6.07) is 6.10. The fraction of sp³-hybridized carbons (Fsp3) is 0.312. The van der Waals surface area contributed by atoms with E-state index in [0.717, 1.165) is 16.3 Å². The van der Waals surface area contributed by atoms with Gasteiger partial charge in [-0.1, -0.05) is 26.0 Å². The number of benzene rings is 1. The maximum Gasteiger partial charge on any atom is 0.335 e. The Labute approximate surface area is 138 Å². The molecule has 0 unspecified atom stereocenters. The summed E-state index contributed by atoms with van der Waals surface area (Å²) in [5.74, 6) is -0.589. The number of carbonyl (C=O) groups excluding carboxylic acids is 1. The Balaban J connectivity index is 1.77. The second kappa shape index (κ2) is 7.73. The Morgan fingerprint density at radius 1 is 1.17 bits per heavy atom. The molecule has 1 aromatic heterocycles. The number of rotatable bonds is 6. The van der Waals surface area contributed by atoms with Crippen LogP contribution in [0.1, 0.15) is 46.4 Å². The standard InChI is InChI=1S/C16H19N3O3S/c1-10(2)13-9-23-14(19-13)8-18-16(22)17-7-11-3-5-12(6-4-11)15(20)21/h3-6,9-10H,7-8H2,1-2H3,(H,20,21)(H2,17,18,22). The van der Waals surface area contributed by atoms with Crippen LogP contribution in [0.3, 0.4) is 0 Å². The molecule has 0 fully saturated rings. The molecule has 0 bridgehead atoms. The lowest BCUT2D eigenvalue weighted by atomic mass is 10.1. The molecular weight excluding hydrogens is 314 g/mol. The van der Waals surface area contributed by atoms with Gasteiger partial charge in [-0.2, -0.15) is 0 Å². The molecule has 122 valence electrons. The van der Waals surface area contributed by atoms with Crippen LogP contribution in [0.4, 0.5) is 4.79 Å². The summed E-state index contributed by atoms with van der Waals surface area (Å²) in [4.78, 5) is 27.0. The van der Waals surface area contributed by atoms with Crippen molar-refractivity contribution in [2.24, 2.45) is 0 Å². The SMILES string of the molecule is CC(C)c1csc(CNC(=O)NCc2ccc(C(=O)O)cc2)n1. The van der Waals surface area contributed by atoms with E-state index in [2.05, 4.69) is 29.5 Å². The molecule has 6 nitrogen and oxygen atoms in total. The van der Waals surface area contributed by atoms with Crippen LogP contribution in [0.15, 0.2) is 29.6 Å². The fourth-order valence-electron chi connectivity index (χ4n) is 1.84. The number of nitrogens with zero attached hydrogens (tertiary/aromatic N) is 1. The number of hydrogen-bond acceptors (Lipinski definition) is 4. The number of hydrogen-bond donors (Lipinski definition) is 3. The second-order valence-electron chi connectivity index (χ2n) is 5.36. The molecule has 1 heterocycles. The van der Waals surface area contributed by atoms with E-state index in [-0.39, 0.29) is 11.6 Å². The Bertz CT molecular complexity index is 680. The number of aromatic nitrogens is 1. The van der Waals surface area contributed by atoms with Crippen molar-refractivity contribution in [2.75, 3.05) is 0 Å². The number of carboxylic acid groups (broad SMARTS) is 1. The first-order valence-corrected chi connectivity index (χ1v) is 8.12. The number of nitrogens with one attached hydrogen (secondary N) is 2. The van der Waals surface area contributed by atoms with Crippen molar-refractivity contribution < 1.29 is 14.7 Å². The maximum atomic E-state index is 11.8. The van der Waals surface area contributed by atoms with Crippen LogP contribution in [0.5, 0.6) is 0 Å². The highest BCUT2D eigenvalue weighted by atomic mass is 32.1. The molecule has 23 heavy (non-hydrogen) atoms. The number of amides is 2. The summed E-state index contributed by atoms with van der Waals surface area (Å²) >= 11 is 1.53. The van der Waals surface area contributed by atoms with Gasteiger partial charge in [0.25, 0.3) is 0 Å². The van der Waals surface area contributed by atoms with Crippen molar-refractivity contribution in [3.63, 3.8) is 0 Å². The lowest BCUT2D eigenvalue weighted by Gasteiger charge is -2.07. The van der Waals surface area contributed by atoms with E-state index in [1.807, 2.05) is 5.38 Å². The molecule has 1 aromatic carbocycles. The number of carboxylic acids is 1. The molecule has 0 atom stereocenters. The number of carbonyl (C=O) groups is 2. The summed E-state index contributed by atoms with van der Waals surface area (Å²) in [5.41, 5.74) is 2.09. The third-order valence-electron chi connectivity index (χ3n) is 3.22. The average molecular weight is 333 g/mol. The van der Waals surface area contributed by atoms with Gasteiger partial charge in [0.15, 0.2) is 0 Å². The van der Waals surface area contributed by atoms with Crippen molar-refractivity contribution >= 4 is 23.3 Å². The predicted octanol–water partition coefficient (Wildman–Crippen LogP) is 2.96. The molecule has 7 heteroatoms. The number of aromatic carboxylic acids is 1. The van der Waals surface area contributed by atoms with E-state index >= 15 is 0 Å². The van der Waals surface area contributed by atoms with Gasteiger partial charge in [-0.15, -0.1) is 11.3 Å². The molecule has 0 spiro atoms. The van der Waals surface area contributed by atoms with E-state index in [1.54, 1.807) is 12.1 Å². The molecule has 3 N–H and O–H groups in total. The highest BCUT2D eigenvalue weighted by molar-refractivity contribution is 7.09. The Morgan fingerprint density at radius 3 is 2.39 bits per heavy atom. The molecule has 0 aliphatic heterocycles. The zero-order valence-electron chi connectivity index (χ0n) is 13.0. The minimum Gasteiger partial charge on any atom is -0.478 e. The first-order valence-electron chi connectivity index (χ1n) is 7.24. The Morgan fingerprint density at radius 2 is 1.83 bits per heavy atom. The second-order valence-corrected chi connectivity index (χ2v) is 6.30. The van der Waals surface area contributed by atoms with Crippen LogP contribution < -0.4 is 10.6 Å². The van der Waals surface area contributed by atoms with E-state index in [1.165, 1.54) is 23.5 Å². The van der Waals surface area contributed by atoms with Crippen LogP contribution >= 0.6 is 11.3 Å². The van der Waals surface area contributed by atoms with Crippen LogP contribution in [0.25, 0.3) is 0 Å². The van der Waals surface area contributed by atoms with E-state index in [9.17, 15) is 9.59 Å². The molecule has 0 saturated carbocycles. The third-order valence-corrected chi connectivity index (χ3v) is 4.08. The highest BCUT2D eigenvalue weighted by Gasteiger charge is 2.07. The first-order chi connectivity index (χ1) is 11.0. The van der Waals surface area contributed by atoms with E-state index in [4.69, 9.17) is 5.11 Å². The smallest absolute Gasteiger partial charge is 0.335 e. The highest BCUT2D eigenvalue weighted by Crippen LogP contribution is 2.17. The van der Waals surface area contributed by atoms with Crippen LogP contribution in [-0.4, -0.2) is 22.1 Å². The lowest BCUT2D eigenvalue weighted by Crippen LogP contribution is -2.34. The van der Waals surface area contributed by atoms with Crippen LogP contribution in [-0.2, 0) is 13.1 Å². The first kappa shape index (κ1) is 17.0. The predicted molar refractivity (Wildman–Crippen MR) is 88.7 cm³/mol. The van der Waals surface area contributed by atoms with Crippen molar-refractivity contribution in [3.05, 3.63) is 51.5 Å². The number of urea groups is 1. The van der Waals surface area contributed by atoms with E-state index < -0.39 is 5.97 Å². The molecular formula is C16H19N3O3S. The summed E-state index contributed by atoms with van der Waals surface area (Å²) in [6.07, 6.45) is 0. The maximum absolute atomic E-state index is 11.8. The topological polar surface area (TPSA) is 91.3 Å². The monoisotopic (exact) mass is 333 g/mol. The zero-order chi connectivity index (χ0) is 16.8. The van der Waals surface area contributed by atoms with Crippen molar-refractivity contribution in [2.45, 2.75) is 32.9 Å². The molecule has 2 amide bonds. The summed E-state index contributed by atoms with van der Waals surface area (Å²) < 4.78 is 0. The summed E-state index contributed by atoms with van der Waals surface area (Å²) in [6.45, 7) is 4.88. The Hall–Kier alpha value is -2.41. The van der Waals surface area contributed by atoms with Gasteiger partial charge in [-0.25, -0.2) is 14.6 Å². The quantitative estimate of drug-likeness (QED) is 0.758. The number of thiazole rings is 1. The normalized spacial score (nSPS) is 10.6. The summed E-state index contributed by atoms with van der Waals surface area (Å²) in [5, 5.41) is 17.2. The van der Waals surface area contributed by atoms with Crippen molar-refractivity contribution in [1.29, 1.82) is 0 Å². The van der Waals surface area contributed by atoms with E-state index in [0.29, 0.717) is 19.0 Å². The van der Waals surface area contributed by atoms with Gasteiger partial charge in [-0.3, -0.25) is 0 Å². The average Bonchev–Trinajstić information content (AvgIpc) is 3.00.